The fourth-order valence-electron chi connectivity index (χ4n) is 1.75. The van der Waals surface area contributed by atoms with Crippen molar-refractivity contribution in [1.82, 2.24) is 0 Å². The van der Waals surface area contributed by atoms with E-state index in [2.05, 4.69) is 11.1 Å². The Labute approximate surface area is 161 Å². The van der Waals surface area contributed by atoms with Gasteiger partial charge >= 0.3 is 68.6 Å². The van der Waals surface area contributed by atoms with Gasteiger partial charge in [-0.2, -0.15) is 8.42 Å². The minimum atomic E-state index is -4.23. The molecule has 0 bridgehead atoms. The van der Waals surface area contributed by atoms with Gasteiger partial charge in [-0.25, -0.2) is 4.18 Å². The molecule has 0 rings (SSSR count). The molecular weight excluding hydrogens is 326 g/mol. The van der Waals surface area contributed by atoms with Gasteiger partial charge in [-0.1, -0.05) is 64.7 Å². The monoisotopic (exact) mass is 352 g/mol. The van der Waals surface area contributed by atoms with Crippen LogP contribution in [0.5, 0.6) is 0 Å². The zero-order chi connectivity index (χ0) is 13.0. The second-order valence-electron chi connectivity index (χ2n) is 4.43. The molecule has 6 heteroatoms. The molecule has 0 fully saturated rings. The maximum atomic E-state index is 10.2. The predicted molar refractivity (Wildman–Crippen MR) is 76.5 cm³/mol. The number of rotatable bonds is 12. The van der Waals surface area contributed by atoms with Gasteiger partial charge in [-0.15, -0.1) is 0 Å². The first kappa shape index (κ1) is 22.0. The van der Waals surface area contributed by atoms with E-state index in [9.17, 15) is 8.42 Å². The van der Waals surface area contributed by atoms with Crippen LogP contribution in [0.4, 0.5) is 0 Å². The summed E-state index contributed by atoms with van der Waals surface area (Å²) in [7, 11) is -4.23. The van der Waals surface area contributed by atoms with E-state index >= 15 is 0 Å². The number of unbranched alkanes of at least 4 members (excludes halogenated alkanes) is 9. The summed E-state index contributed by atoms with van der Waals surface area (Å²) >= 11 is 0. The van der Waals surface area contributed by atoms with Crippen LogP contribution in [0.25, 0.3) is 0 Å². The fourth-order valence-corrected chi connectivity index (χ4v) is 2.08. The number of hydrogen-bond acceptors (Lipinski definition) is 3. The first-order chi connectivity index (χ1) is 8.06. The molecule has 0 aliphatic heterocycles. The third-order valence-corrected chi connectivity index (χ3v) is 3.19. The summed E-state index contributed by atoms with van der Waals surface area (Å²) in [5, 5.41) is 0. The third-order valence-electron chi connectivity index (χ3n) is 2.73. The van der Waals surface area contributed by atoms with Crippen molar-refractivity contribution in [3.63, 3.8) is 0 Å². The van der Waals surface area contributed by atoms with Crippen molar-refractivity contribution in [3.05, 3.63) is 0 Å². The normalized spacial score (nSPS) is 11.2. The Morgan fingerprint density at radius 3 is 1.61 bits per heavy atom. The van der Waals surface area contributed by atoms with E-state index in [1.165, 1.54) is 44.9 Å². The maximum absolute atomic E-state index is 10.2. The molecule has 0 saturated heterocycles. The molecule has 18 heavy (non-hydrogen) atoms. The van der Waals surface area contributed by atoms with E-state index in [1.54, 1.807) is 0 Å². The second-order valence-corrected chi connectivity index (χ2v) is 5.52. The predicted octanol–water partition coefficient (Wildman–Crippen LogP) is 3.08. The van der Waals surface area contributed by atoms with Crippen molar-refractivity contribution in [2.24, 2.45) is 0 Å². The van der Waals surface area contributed by atoms with E-state index in [-0.39, 0.29) is 64.8 Å². The van der Waals surface area contributed by atoms with Gasteiger partial charge in [0.25, 0.3) is 0 Å². The first-order valence-electron chi connectivity index (χ1n) is 6.68. The molecule has 0 amide bonds. The Balaban J connectivity index is 0. The van der Waals surface area contributed by atoms with Crippen molar-refractivity contribution in [1.29, 1.82) is 0 Å². The van der Waals surface area contributed by atoms with Crippen LogP contribution in [0.2, 0.25) is 0 Å². The molecule has 1 N–H and O–H groups in total. The van der Waals surface area contributed by atoms with E-state index in [0.29, 0.717) is 6.42 Å². The molecule has 106 valence electrons. The molecule has 0 aromatic carbocycles. The van der Waals surface area contributed by atoms with Crippen molar-refractivity contribution in [2.45, 2.75) is 71.1 Å². The minimum absolute atomic E-state index is 0. The van der Waals surface area contributed by atoms with Gasteiger partial charge < -0.3 is 0 Å². The van der Waals surface area contributed by atoms with Crippen LogP contribution in [-0.2, 0) is 14.6 Å². The van der Waals surface area contributed by atoms with Crippen LogP contribution < -0.4 is 0 Å². The molecule has 0 unspecified atom stereocenters. The summed E-state index contributed by atoms with van der Waals surface area (Å²) in [5.41, 5.74) is 0. The molecular formula is C12H27O4RbS. The fraction of sp³-hybridized carbons (Fsp3) is 1.00. The van der Waals surface area contributed by atoms with Gasteiger partial charge in [-0.3, -0.25) is 4.55 Å². The summed E-state index contributed by atoms with van der Waals surface area (Å²) < 4.78 is 33.0. The molecule has 0 heterocycles. The zero-order valence-electron chi connectivity index (χ0n) is 10.9. The van der Waals surface area contributed by atoms with Gasteiger partial charge in [0.2, 0.25) is 0 Å². The average molecular weight is 353 g/mol. The van der Waals surface area contributed by atoms with Crippen molar-refractivity contribution < 1.29 is 17.2 Å². The van der Waals surface area contributed by atoms with Crippen LogP contribution in [0.15, 0.2) is 0 Å². The van der Waals surface area contributed by atoms with Gasteiger partial charge in [-0.05, 0) is 6.42 Å². The van der Waals surface area contributed by atoms with E-state index in [0.717, 1.165) is 12.8 Å². The van der Waals surface area contributed by atoms with Crippen LogP contribution in [-0.4, -0.2) is 77.8 Å². The third kappa shape index (κ3) is 20.0. The summed E-state index contributed by atoms with van der Waals surface area (Å²) in [5.74, 6) is 0. The van der Waals surface area contributed by atoms with E-state index < -0.39 is 10.4 Å². The van der Waals surface area contributed by atoms with Gasteiger partial charge in [0.15, 0.2) is 0 Å². The topological polar surface area (TPSA) is 63.6 Å². The van der Waals surface area contributed by atoms with Gasteiger partial charge in [0.05, 0.1) is 6.61 Å². The Morgan fingerprint density at radius 1 is 0.833 bits per heavy atom. The molecule has 0 spiro atoms. The Morgan fingerprint density at radius 2 is 1.22 bits per heavy atom. The Bertz CT molecular complexity index is 255. The van der Waals surface area contributed by atoms with Crippen LogP contribution in [0.3, 0.4) is 0 Å². The Kier molecular flexibility index (Phi) is 18.4. The first-order valence-corrected chi connectivity index (χ1v) is 8.04. The molecule has 0 radical (unpaired) electrons. The Hall–Kier alpha value is 1.68. The number of hydrogen-bond donors (Lipinski definition) is 1. The van der Waals surface area contributed by atoms with Crippen molar-refractivity contribution in [2.75, 3.05) is 6.61 Å². The van der Waals surface area contributed by atoms with Crippen molar-refractivity contribution >= 4 is 68.6 Å². The SMILES string of the molecule is CCCCCCCCCCCCOS(=O)(=O)O.[RbH]. The zero-order valence-corrected chi connectivity index (χ0v) is 11.7. The molecule has 0 saturated carbocycles. The van der Waals surface area contributed by atoms with Crippen LogP contribution in [0.1, 0.15) is 71.1 Å². The van der Waals surface area contributed by atoms with Gasteiger partial charge in [0, 0.05) is 0 Å². The van der Waals surface area contributed by atoms with Crippen LogP contribution >= 0.6 is 0 Å². The van der Waals surface area contributed by atoms with Crippen LogP contribution in [0, 0.1) is 0 Å². The standard InChI is InChI=1S/C12H26O4S.Rb.H/c1-2-3-4-5-6-7-8-9-10-11-12-16-17(13,14)15;;/h2-12H2,1H3,(H,13,14,15);;. The summed E-state index contributed by atoms with van der Waals surface area (Å²) in [6, 6.07) is 0. The summed E-state index contributed by atoms with van der Waals surface area (Å²) in [6.45, 7) is 2.31. The molecule has 0 aromatic rings. The quantitative estimate of drug-likeness (QED) is 0.433. The molecule has 0 aromatic heterocycles. The summed E-state index contributed by atoms with van der Waals surface area (Å²) in [4.78, 5) is 0. The van der Waals surface area contributed by atoms with Crippen molar-refractivity contribution in [3.8, 4) is 0 Å². The van der Waals surface area contributed by atoms with Gasteiger partial charge in [0.1, 0.15) is 0 Å². The second kappa shape index (κ2) is 15.1. The van der Waals surface area contributed by atoms with E-state index in [1.807, 2.05) is 0 Å². The molecule has 0 aliphatic carbocycles. The average Bonchev–Trinajstić information content (AvgIpc) is 2.24. The molecule has 0 aliphatic rings. The van der Waals surface area contributed by atoms with E-state index in [4.69, 9.17) is 4.55 Å². The summed E-state index contributed by atoms with van der Waals surface area (Å²) in [6.07, 6.45) is 11.9. The molecule has 0 atom stereocenters. The molecule has 4 nitrogen and oxygen atoms in total.